The van der Waals surface area contributed by atoms with Crippen LogP contribution in [0, 0.1) is 0 Å². The van der Waals surface area contributed by atoms with Gasteiger partial charge in [-0.25, -0.2) is 9.67 Å². The van der Waals surface area contributed by atoms with Crippen LogP contribution >= 0.6 is 0 Å². The van der Waals surface area contributed by atoms with E-state index in [0.29, 0.717) is 22.3 Å². The van der Waals surface area contributed by atoms with Crippen LogP contribution in [0.3, 0.4) is 0 Å². The van der Waals surface area contributed by atoms with Crippen molar-refractivity contribution in [2.24, 2.45) is 0 Å². The predicted molar refractivity (Wildman–Crippen MR) is 140 cm³/mol. The summed E-state index contributed by atoms with van der Waals surface area (Å²) in [5, 5.41) is 14.9. The van der Waals surface area contributed by atoms with E-state index in [4.69, 9.17) is 4.98 Å². The Bertz CT molecular complexity index is 1770. The molecule has 0 bridgehead atoms. The number of amides is 2. The molecule has 2 aromatic carbocycles. The minimum absolute atomic E-state index is 0.0220. The fourth-order valence-corrected chi connectivity index (χ4v) is 4.12. The quantitative estimate of drug-likeness (QED) is 0.283. The van der Waals surface area contributed by atoms with Crippen molar-refractivity contribution >= 4 is 39.3 Å². The van der Waals surface area contributed by atoms with Gasteiger partial charge in [-0.15, -0.1) is 0 Å². The number of hydrogen-bond donors (Lipinski definition) is 4. The normalized spacial score (nSPS) is 11.2. The van der Waals surface area contributed by atoms with Crippen LogP contribution in [0.2, 0.25) is 0 Å². The SMILES string of the molecule is CC(C)n1ncc2c(C(=O)NCC(=O)Nc3cccc4c(=O)[nH][nH]c(=O)c34)cc(-c3ccccc3)nc21. The number of anilines is 1. The number of carbonyl (C=O) groups excluding carboxylic acids is 2. The second-order valence-corrected chi connectivity index (χ2v) is 8.71. The maximum absolute atomic E-state index is 13.2. The monoisotopic (exact) mass is 497 g/mol. The molecule has 0 aliphatic carbocycles. The Morgan fingerprint density at radius 3 is 2.49 bits per heavy atom. The topological polar surface area (TPSA) is 155 Å². The van der Waals surface area contributed by atoms with E-state index in [1.807, 2.05) is 44.2 Å². The number of carbonyl (C=O) groups is 2. The zero-order valence-electron chi connectivity index (χ0n) is 20.0. The number of aromatic amines is 2. The average Bonchev–Trinajstić information content (AvgIpc) is 3.34. The van der Waals surface area contributed by atoms with Crippen molar-refractivity contribution in [3.63, 3.8) is 0 Å². The van der Waals surface area contributed by atoms with E-state index < -0.39 is 22.9 Å². The maximum Gasteiger partial charge on any atom is 0.272 e. The first-order valence-electron chi connectivity index (χ1n) is 11.6. The van der Waals surface area contributed by atoms with Gasteiger partial charge in [-0.2, -0.15) is 5.10 Å². The molecule has 0 unspecified atom stereocenters. The van der Waals surface area contributed by atoms with Crippen LogP contribution in [0.5, 0.6) is 0 Å². The molecule has 11 heteroatoms. The Hall–Kier alpha value is -5.06. The number of benzene rings is 2. The number of H-pyrrole nitrogens is 2. The van der Waals surface area contributed by atoms with E-state index in [0.717, 1.165) is 5.56 Å². The summed E-state index contributed by atoms with van der Waals surface area (Å²) < 4.78 is 1.74. The fraction of sp³-hybridized carbons (Fsp3) is 0.154. The highest BCUT2D eigenvalue weighted by molar-refractivity contribution is 6.08. The smallest absolute Gasteiger partial charge is 0.272 e. The molecule has 4 N–H and O–H groups in total. The molecule has 5 rings (SSSR count). The molecule has 0 aliphatic heterocycles. The number of aromatic nitrogens is 5. The number of fused-ring (bicyclic) bond motifs is 2. The summed E-state index contributed by atoms with van der Waals surface area (Å²) in [5.74, 6) is -1.04. The van der Waals surface area contributed by atoms with Crippen LogP contribution in [0.4, 0.5) is 5.69 Å². The lowest BCUT2D eigenvalue weighted by atomic mass is 10.1. The highest BCUT2D eigenvalue weighted by atomic mass is 16.2. The van der Waals surface area contributed by atoms with Gasteiger partial charge in [0.2, 0.25) is 5.91 Å². The van der Waals surface area contributed by atoms with E-state index in [1.54, 1.807) is 23.0 Å². The summed E-state index contributed by atoms with van der Waals surface area (Å²) in [5.41, 5.74) is 1.46. The molecule has 0 saturated carbocycles. The number of hydrogen-bond acceptors (Lipinski definition) is 6. The van der Waals surface area contributed by atoms with Crippen LogP contribution in [-0.2, 0) is 4.79 Å². The van der Waals surface area contributed by atoms with Gasteiger partial charge < -0.3 is 10.6 Å². The molecule has 0 atom stereocenters. The van der Waals surface area contributed by atoms with E-state index in [1.165, 1.54) is 12.1 Å². The molecule has 186 valence electrons. The maximum atomic E-state index is 13.2. The minimum atomic E-state index is -0.563. The van der Waals surface area contributed by atoms with Gasteiger partial charge in [0.25, 0.3) is 17.0 Å². The van der Waals surface area contributed by atoms with Gasteiger partial charge in [-0.1, -0.05) is 36.4 Å². The average molecular weight is 498 g/mol. The zero-order chi connectivity index (χ0) is 26.1. The largest absolute Gasteiger partial charge is 0.343 e. The highest BCUT2D eigenvalue weighted by Gasteiger charge is 2.19. The van der Waals surface area contributed by atoms with E-state index in [2.05, 4.69) is 25.9 Å². The predicted octanol–water partition coefficient (Wildman–Crippen LogP) is 2.58. The van der Waals surface area contributed by atoms with Gasteiger partial charge in [0.05, 0.1) is 45.8 Å². The summed E-state index contributed by atoms with van der Waals surface area (Å²) >= 11 is 0. The second-order valence-electron chi connectivity index (χ2n) is 8.71. The molecule has 0 radical (unpaired) electrons. The molecule has 0 fully saturated rings. The van der Waals surface area contributed by atoms with Crippen molar-refractivity contribution in [3.05, 3.63) is 87.1 Å². The Balaban J connectivity index is 1.42. The number of nitrogens with one attached hydrogen (secondary N) is 4. The first-order chi connectivity index (χ1) is 17.8. The Kier molecular flexibility index (Phi) is 6.10. The van der Waals surface area contributed by atoms with Crippen LogP contribution in [0.1, 0.15) is 30.2 Å². The van der Waals surface area contributed by atoms with Crippen LogP contribution in [0.15, 0.2) is 70.4 Å². The molecule has 2 amide bonds. The van der Waals surface area contributed by atoms with Crippen LogP contribution in [-0.4, -0.2) is 43.3 Å². The number of nitrogens with zero attached hydrogens (tertiary/aromatic N) is 3. The second kappa shape index (κ2) is 9.53. The molecular formula is C26H23N7O4. The summed E-state index contributed by atoms with van der Waals surface area (Å²) in [4.78, 5) is 54.9. The van der Waals surface area contributed by atoms with Crippen molar-refractivity contribution < 1.29 is 9.59 Å². The third-order valence-corrected chi connectivity index (χ3v) is 5.88. The van der Waals surface area contributed by atoms with Gasteiger partial charge in [-0.3, -0.25) is 29.4 Å². The van der Waals surface area contributed by atoms with Crippen molar-refractivity contribution in [2.75, 3.05) is 11.9 Å². The summed E-state index contributed by atoms with van der Waals surface area (Å²) in [6, 6.07) is 15.7. The minimum Gasteiger partial charge on any atom is -0.343 e. The fourth-order valence-electron chi connectivity index (χ4n) is 4.12. The first-order valence-corrected chi connectivity index (χ1v) is 11.6. The molecule has 0 saturated heterocycles. The van der Waals surface area contributed by atoms with Gasteiger partial charge in [0.15, 0.2) is 5.65 Å². The van der Waals surface area contributed by atoms with E-state index in [-0.39, 0.29) is 29.0 Å². The van der Waals surface area contributed by atoms with Crippen LogP contribution in [0.25, 0.3) is 33.1 Å². The standard InChI is InChI=1S/C26H23N7O4/c1-14(2)33-23-18(12-28-33)17(11-20(30-23)15-7-4-3-5-8-15)24(35)27-13-21(34)29-19-10-6-9-16-22(19)26(37)32-31-25(16)36/h3-12,14H,13H2,1-2H3,(H,27,35)(H,29,34)(H,31,36)(H,32,37). The summed E-state index contributed by atoms with van der Waals surface area (Å²) in [6.45, 7) is 3.58. The van der Waals surface area contributed by atoms with Gasteiger partial charge in [0.1, 0.15) is 0 Å². The van der Waals surface area contributed by atoms with Crippen molar-refractivity contribution in [2.45, 2.75) is 19.9 Å². The molecule has 0 aliphatic rings. The lowest BCUT2D eigenvalue weighted by Crippen LogP contribution is -2.33. The molecular weight excluding hydrogens is 474 g/mol. The van der Waals surface area contributed by atoms with Crippen LogP contribution < -0.4 is 21.8 Å². The summed E-state index contributed by atoms with van der Waals surface area (Å²) in [6.07, 6.45) is 1.59. The lowest BCUT2D eigenvalue weighted by Gasteiger charge is -2.12. The first kappa shape index (κ1) is 23.7. The highest BCUT2D eigenvalue weighted by Crippen LogP contribution is 2.26. The zero-order valence-corrected chi connectivity index (χ0v) is 20.0. The third kappa shape index (κ3) is 4.49. The van der Waals surface area contributed by atoms with E-state index in [9.17, 15) is 19.2 Å². The number of pyridine rings is 1. The number of rotatable bonds is 6. The Morgan fingerprint density at radius 1 is 0.973 bits per heavy atom. The van der Waals surface area contributed by atoms with Crippen molar-refractivity contribution in [3.8, 4) is 11.3 Å². The summed E-state index contributed by atoms with van der Waals surface area (Å²) in [7, 11) is 0. The molecule has 0 spiro atoms. The van der Waals surface area contributed by atoms with Gasteiger partial charge in [0, 0.05) is 11.6 Å². The third-order valence-electron chi connectivity index (χ3n) is 5.88. The van der Waals surface area contributed by atoms with Crippen molar-refractivity contribution in [1.82, 2.24) is 30.3 Å². The molecule has 3 aromatic heterocycles. The Labute approximate surface area is 209 Å². The molecule has 3 heterocycles. The van der Waals surface area contributed by atoms with Crippen molar-refractivity contribution in [1.29, 1.82) is 0 Å². The van der Waals surface area contributed by atoms with E-state index >= 15 is 0 Å². The molecule has 11 nitrogen and oxygen atoms in total. The lowest BCUT2D eigenvalue weighted by molar-refractivity contribution is -0.115. The van der Waals surface area contributed by atoms with Gasteiger partial charge >= 0.3 is 0 Å². The van der Waals surface area contributed by atoms with Gasteiger partial charge in [-0.05, 0) is 32.0 Å². The molecule has 5 aromatic rings. The molecule has 37 heavy (non-hydrogen) atoms. The Morgan fingerprint density at radius 2 is 1.73 bits per heavy atom.